The van der Waals surface area contributed by atoms with Gasteiger partial charge >= 0.3 is 0 Å². The molecule has 0 fully saturated rings. The molecule has 0 saturated heterocycles. The highest BCUT2D eigenvalue weighted by Gasteiger charge is 2.18. The molecule has 0 saturated carbocycles. The second-order valence-corrected chi connectivity index (χ2v) is 7.45. The lowest BCUT2D eigenvalue weighted by Gasteiger charge is -2.10. The summed E-state index contributed by atoms with van der Waals surface area (Å²) < 4.78 is 2.06. The molecule has 2 heterocycles. The van der Waals surface area contributed by atoms with Crippen LogP contribution in [0.4, 0.5) is 0 Å². The summed E-state index contributed by atoms with van der Waals surface area (Å²) in [6.45, 7) is 6.00. The molecule has 0 amide bonds. The number of phenolic OH excluding ortho intramolecular Hbond substituents is 1. The molecule has 2 aromatic carbocycles. The summed E-state index contributed by atoms with van der Waals surface area (Å²) in [5.41, 5.74) is 4.72. The molecule has 0 bridgehead atoms. The molecule has 6 nitrogen and oxygen atoms in total. The Morgan fingerprint density at radius 3 is 2.53 bits per heavy atom. The van der Waals surface area contributed by atoms with Crippen molar-refractivity contribution in [1.82, 2.24) is 14.5 Å². The Labute approximate surface area is 173 Å². The molecule has 4 aromatic rings. The molecular weight excluding hydrogens is 378 g/mol. The number of Topliss-reactive ketones (excluding diaryl/α,β-unsaturated/α-hetero) is 1. The minimum Gasteiger partial charge on any atom is -0.508 e. The molecule has 0 aliphatic rings. The molecule has 2 aromatic heterocycles. The SMILES string of the molecule is CCc1ccc(-n2c(C)cc(C(=O)Cc3nc4cc(O)ccc4c(=O)[nH]3)c2C)cc1. The minimum absolute atomic E-state index is 0.0236. The Morgan fingerprint density at radius 1 is 1.10 bits per heavy atom. The number of aromatic hydroxyl groups is 1. The summed E-state index contributed by atoms with van der Waals surface area (Å²) in [6.07, 6.45) is 0.947. The molecule has 6 heteroatoms. The van der Waals surface area contributed by atoms with E-state index in [9.17, 15) is 14.7 Å². The first-order chi connectivity index (χ1) is 14.4. The third-order valence-corrected chi connectivity index (χ3v) is 5.40. The summed E-state index contributed by atoms with van der Waals surface area (Å²) >= 11 is 0. The number of nitrogens with zero attached hydrogens (tertiary/aromatic N) is 2. The standard InChI is InChI=1S/C24H23N3O3/c1-4-16-5-7-17(8-6-16)27-14(2)11-20(15(27)3)22(29)13-23-25-21-12-18(28)9-10-19(21)24(30)26-23/h5-12,28H,4,13H2,1-3H3,(H,25,26,30). The third kappa shape index (κ3) is 3.52. The summed E-state index contributed by atoms with van der Waals surface area (Å²) in [5, 5.41) is 10.0. The smallest absolute Gasteiger partial charge is 0.258 e. The average molecular weight is 401 g/mol. The Bertz CT molecular complexity index is 1310. The predicted octanol–water partition coefficient (Wildman–Crippen LogP) is 4.02. The third-order valence-electron chi connectivity index (χ3n) is 5.40. The highest BCUT2D eigenvalue weighted by Crippen LogP contribution is 2.23. The fourth-order valence-corrected chi connectivity index (χ4v) is 3.83. The first-order valence-electron chi connectivity index (χ1n) is 9.90. The van der Waals surface area contributed by atoms with Crippen LogP contribution in [0, 0.1) is 13.8 Å². The number of hydrogen-bond donors (Lipinski definition) is 2. The van der Waals surface area contributed by atoms with Gasteiger partial charge in [0.1, 0.15) is 11.6 Å². The van der Waals surface area contributed by atoms with E-state index in [1.165, 1.54) is 23.8 Å². The van der Waals surface area contributed by atoms with Crippen molar-refractivity contribution in [2.45, 2.75) is 33.6 Å². The van der Waals surface area contributed by atoms with E-state index < -0.39 is 0 Å². The Balaban J connectivity index is 1.67. The maximum atomic E-state index is 13.0. The molecule has 0 spiro atoms. The lowest BCUT2D eigenvalue weighted by molar-refractivity contribution is 0.0990. The first-order valence-corrected chi connectivity index (χ1v) is 9.90. The molecule has 0 aliphatic heterocycles. The predicted molar refractivity (Wildman–Crippen MR) is 117 cm³/mol. The number of rotatable bonds is 5. The van der Waals surface area contributed by atoms with E-state index in [1.807, 2.05) is 19.9 Å². The van der Waals surface area contributed by atoms with E-state index >= 15 is 0 Å². The maximum absolute atomic E-state index is 13.0. The monoisotopic (exact) mass is 401 g/mol. The van der Waals surface area contributed by atoms with Gasteiger partial charge in [0.05, 0.1) is 17.3 Å². The van der Waals surface area contributed by atoms with E-state index in [2.05, 4.69) is 45.7 Å². The van der Waals surface area contributed by atoms with E-state index in [-0.39, 0.29) is 29.3 Å². The van der Waals surface area contributed by atoms with Crippen LogP contribution in [0.3, 0.4) is 0 Å². The Kier molecular flexibility index (Phi) is 4.99. The van der Waals surface area contributed by atoms with Gasteiger partial charge in [0, 0.05) is 28.7 Å². The first kappa shape index (κ1) is 19.6. The number of aromatic nitrogens is 3. The number of H-pyrrole nitrogens is 1. The van der Waals surface area contributed by atoms with Crippen LogP contribution in [0.15, 0.2) is 53.3 Å². The number of aryl methyl sites for hydroxylation is 2. The number of aromatic amines is 1. The molecule has 30 heavy (non-hydrogen) atoms. The zero-order valence-corrected chi connectivity index (χ0v) is 17.2. The van der Waals surface area contributed by atoms with Crippen molar-refractivity contribution in [1.29, 1.82) is 0 Å². The van der Waals surface area contributed by atoms with Gasteiger partial charge in [-0.3, -0.25) is 9.59 Å². The van der Waals surface area contributed by atoms with Crippen LogP contribution in [-0.2, 0) is 12.8 Å². The van der Waals surface area contributed by atoms with Crippen LogP contribution in [0.1, 0.15) is 40.1 Å². The lowest BCUT2D eigenvalue weighted by atomic mass is 10.1. The van der Waals surface area contributed by atoms with Crippen molar-refractivity contribution in [2.24, 2.45) is 0 Å². The normalized spacial score (nSPS) is 11.2. The summed E-state index contributed by atoms with van der Waals surface area (Å²) in [7, 11) is 0. The number of fused-ring (bicyclic) bond motifs is 1. The summed E-state index contributed by atoms with van der Waals surface area (Å²) in [4.78, 5) is 32.4. The number of carbonyl (C=O) groups excluding carboxylic acids is 1. The van der Waals surface area contributed by atoms with Crippen LogP contribution in [0.2, 0.25) is 0 Å². The highest BCUT2D eigenvalue weighted by atomic mass is 16.3. The second-order valence-electron chi connectivity index (χ2n) is 7.45. The number of hydrogen-bond acceptors (Lipinski definition) is 4. The molecule has 0 radical (unpaired) electrons. The van der Waals surface area contributed by atoms with Crippen molar-refractivity contribution in [3.8, 4) is 11.4 Å². The number of benzene rings is 2. The van der Waals surface area contributed by atoms with Gasteiger partial charge in [-0.15, -0.1) is 0 Å². The number of nitrogens with one attached hydrogen (secondary N) is 1. The molecular formula is C24H23N3O3. The zero-order chi connectivity index (χ0) is 21.4. The molecule has 0 atom stereocenters. The van der Waals surface area contributed by atoms with Gasteiger partial charge in [-0.2, -0.15) is 0 Å². The number of carbonyl (C=O) groups is 1. The van der Waals surface area contributed by atoms with Crippen LogP contribution in [0.5, 0.6) is 5.75 Å². The number of ketones is 1. The second kappa shape index (κ2) is 7.63. The highest BCUT2D eigenvalue weighted by molar-refractivity contribution is 5.98. The largest absolute Gasteiger partial charge is 0.508 e. The van der Waals surface area contributed by atoms with E-state index in [1.54, 1.807) is 0 Å². The average Bonchev–Trinajstić information content (AvgIpc) is 3.02. The van der Waals surface area contributed by atoms with E-state index in [0.717, 1.165) is 23.5 Å². The van der Waals surface area contributed by atoms with Crippen LogP contribution >= 0.6 is 0 Å². The summed E-state index contributed by atoms with van der Waals surface area (Å²) in [6, 6.07) is 14.5. The zero-order valence-electron chi connectivity index (χ0n) is 17.2. The molecule has 152 valence electrons. The van der Waals surface area contributed by atoms with Crippen molar-refractivity contribution in [3.05, 3.63) is 87.2 Å². The quantitative estimate of drug-likeness (QED) is 0.494. The van der Waals surface area contributed by atoms with E-state index in [4.69, 9.17) is 0 Å². The van der Waals surface area contributed by atoms with Gasteiger partial charge in [-0.05, 0) is 56.2 Å². The maximum Gasteiger partial charge on any atom is 0.258 e. The van der Waals surface area contributed by atoms with Crippen LogP contribution in [-0.4, -0.2) is 25.4 Å². The fraction of sp³-hybridized carbons (Fsp3) is 0.208. The molecule has 0 unspecified atom stereocenters. The topological polar surface area (TPSA) is 88.0 Å². The van der Waals surface area contributed by atoms with Crippen LogP contribution in [0.25, 0.3) is 16.6 Å². The van der Waals surface area contributed by atoms with Crippen molar-refractivity contribution < 1.29 is 9.90 Å². The summed E-state index contributed by atoms with van der Waals surface area (Å²) in [5.74, 6) is 0.179. The van der Waals surface area contributed by atoms with E-state index in [0.29, 0.717) is 16.5 Å². The molecule has 2 N–H and O–H groups in total. The minimum atomic E-state index is -0.329. The van der Waals surface area contributed by atoms with Crippen LogP contribution < -0.4 is 5.56 Å². The van der Waals surface area contributed by atoms with Crippen molar-refractivity contribution in [3.63, 3.8) is 0 Å². The van der Waals surface area contributed by atoms with Gasteiger partial charge in [-0.25, -0.2) is 4.98 Å². The van der Waals surface area contributed by atoms with Gasteiger partial charge in [0.2, 0.25) is 0 Å². The Hall–Kier alpha value is -3.67. The number of phenols is 1. The van der Waals surface area contributed by atoms with Gasteiger partial charge < -0.3 is 14.7 Å². The van der Waals surface area contributed by atoms with Crippen molar-refractivity contribution in [2.75, 3.05) is 0 Å². The van der Waals surface area contributed by atoms with Gasteiger partial charge in [0.15, 0.2) is 5.78 Å². The Morgan fingerprint density at radius 2 is 1.83 bits per heavy atom. The van der Waals surface area contributed by atoms with Crippen molar-refractivity contribution >= 4 is 16.7 Å². The fourth-order valence-electron chi connectivity index (χ4n) is 3.83. The molecule has 4 rings (SSSR count). The lowest BCUT2D eigenvalue weighted by Crippen LogP contribution is -2.15. The van der Waals surface area contributed by atoms with Gasteiger partial charge in [-0.1, -0.05) is 19.1 Å². The molecule has 0 aliphatic carbocycles. The van der Waals surface area contributed by atoms with Gasteiger partial charge in [0.25, 0.3) is 5.56 Å².